The first-order valence-electron chi connectivity index (χ1n) is 10.9. The summed E-state index contributed by atoms with van der Waals surface area (Å²) in [5.74, 6) is 1.14. The highest BCUT2D eigenvalue weighted by Gasteiger charge is 2.24. The lowest BCUT2D eigenvalue weighted by atomic mass is 9.97. The molecular weight excluding hydrogens is 396 g/mol. The number of amides is 1. The maximum atomic E-state index is 12.9. The van der Waals surface area contributed by atoms with Gasteiger partial charge in [-0.1, -0.05) is 6.07 Å². The van der Waals surface area contributed by atoms with Crippen molar-refractivity contribution in [2.45, 2.75) is 44.6 Å². The van der Waals surface area contributed by atoms with E-state index < -0.39 is 0 Å². The average Bonchev–Trinajstić information content (AvgIpc) is 3.51. The molecule has 31 heavy (non-hydrogen) atoms. The summed E-state index contributed by atoms with van der Waals surface area (Å²) in [7, 11) is 0. The zero-order valence-electron chi connectivity index (χ0n) is 17.5. The van der Waals surface area contributed by atoms with E-state index in [1.807, 2.05) is 29.8 Å². The van der Waals surface area contributed by atoms with Crippen molar-refractivity contribution in [2.24, 2.45) is 0 Å². The number of nitrogens with zero attached hydrogens (tertiary/aromatic N) is 3. The average molecular weight is 422 g/mol. The Hall–Kier alpha value is -3.13. The van der Waals surface area contributed by atoms with Gasteiger partial charge in [0.25, 0.3) is 5.91 Å². The number of nitrogens with one attached hydrogen (secondary N) is 1. The van der Waals surface area contributed by atoms with Crippen LogP contribution in [-0.4, -0.2) is 46.2 Å². The Bertz CT molecular complexity index is 1090. The van der Waals surface area contributed by atoms with Gasteiger partial charge in [-0.3, -0.25) is 4.79 Å². The molecule has 0 radical (unpaired) electrons. The van der Waals surface area contributed by atoms with E-state index in [9.17, 15) is 4.79 Å². The molecule has 162 valence electrons. The van der Waals surface area contributed by atoms with E-state index in [1.54, 1.807) is 18.2 Å². The summed E-state index contributed by atoms with van der Waals surface area (Å²) in [6.45, 7) is 3.92. The van der Waals surface area contributed by atoms with Crippen LogP contribution in [0, 0.1) is 0 Å². The normalized spacial score (nSPS) is 16.9. The number of carbonyl (C=O) groups excluding carboxylic acids is 1. The second-order valence-electron chi connectivity index (χ2n) is 7.93. The Morgan fingerprint density at radius 2 is 2.03 bits per heavy atom. The van der Waals surface area contributed by atoms with Gasteiger partial charge < -0.3 is 23.9 Å². The van der Waals surface area contributed by atoms with Crippen LogP contribution in [-0.2, 0) is 4.74 Å². The van der Waals surface area contributed by atoms with Crippen LogP contribution in [0.15, 0.2) is 36.7 Å². The van der Waals surface area contributed by atoms with Crippen molar-refractivity contribution >= 4 is 17.2 Å². The maximum absolute atomic E-state index is 12.9. The third kappa shape index (κ3) is 4.49. The summed E-state index contributed by atoms with van der Waals surface area (Å²) in [4.78, 5) is 22.0. The van der Waals surface area contributed by atoms with E-state index in [-0.39, 0.29) is 12.0 Å². The Labute approximate surface area is 180 Å². The number of carbonyl (C=O) groups is 1. The summed E-state index contributed by atoms with van der Waals surface area (Å²) in [5.41, 5.74) is 2.71. The van der Waals surface area contributed by atoms with E-state index in [1.165, 1.54) is 0 Å². The molecule has 5 rings (SSSR count). The summed E-state index contributed by atoms with van der Waals surface area (Å²) in [5, 5.41) is 2.94. The standard InChI is InChI=1S/C23H26N4O4/c1-2-30-20-12-21-24-18(15-8-10-29-11-9-15)13-27(21)14-19(20)26-23(28)17-4-3-5-22(25-17)31-16-6-7-16/h3-5,12-16H,2,6-11H2,1H3,(H,26,28). The molecule has 0 bridgehead atoms. The number of fused-ring (bicyclic) bond motifs is 1. The van der Waals surface area contributed by atoms with E-state index in [2.05, 4.69) is 10.3 Å². The van der Waals surface area contributed by atoms with Crippen molar-refractivity contribution in [1.82, 2.24) is 14.4 Å². The number of anilines is 1. The molecule has 8 heteroatoms. The Kier molecular flexibility index (Phi) is 5.46. The van der Waals surface area contributed by atoms with Gasteiger partial charge in [-0.05, 0) is 38.7 Å². The quantitative estimate of drug-likeness (QED) is 0.623. The molecule has 1 aliphatic carbocycles. The molecule has 1 N–H and O–H groups in total. The van der Waals surface area contributed by atoms with Gasteiger partial charge in [0.2, 0.25) is 5.88 Å². The molecule has 1 aliphatic heterocycles. The molecule has 1 saturated carbocycles. The number of hydrogen-bond donors (Lipinski definition) is 1. The minimum atomic E-state index is -0.314. The first kappa shape index (κ1) is 19.8. The first-order valence-corrected chi connectivity index (χ1v) is 10.9. The molecule has 8 nitrogen and oxygen atoms in total. The van der Waals surface area contributed by atoms with Crippen molar-refractivity contribution in [3.8, 4) is 11.6 Å². The van der Waals surface area contributed by atoms with Crippen molar-refractivity contribution in [3.05, 3.63) is 48.0 Å². The van der Waals surface area contributed by atoms with Crippen LogP contribution in [0.2, 0.25) is 0 Å². The molecule has 3 aromatic rings. The maximum Gasteiger partial charge on any atom is 0.274 e. The van der Waals surface area contributed by atoms with Crippen LogP contribution in [0.25, 0.3) is 5.65 Å². The fourth-order valence-electron chi connectivity index (χ4n) is 3.74. The summed E-state index contributed by atoms with van der Waals surface area (Å²) >= 11 is 0. The first-order chi connectivity index (χ1) is 15.2. The lowest BCUT2D eigenvalue weighted by Crippen LogP contribution is -2.15. The molecule has 0 atom stereocenters. The molecule has 2 fully saturated rings. The van der Waals surface area contributed by atoms with Gasteiger partial charge in [0.1, 0.15) is 28.9 Å². The molecule has 0 spiro atoms. The Morgan fingerprint density at radius 3 is 2.81 bits per heavy atom. The molecule has 0 aromatic carbocycles. The van der Waals surface area contributed by atoms with E-state index >= 15 is 0 Å². The number of imidazole rings is 1. The third-order valence-corrected chi connectivity index (χ3v) is 5.53. The SMILES string of the molecule is CCOc1cc2nc(C3CCOCC3)cn2cc1NC(=O)c1cccc(OC2CC2)n1. The summed E-state index contributed by atoms with van der Waals surface area (Å²) < 4.78 is 18.9. The second-order valence-corrected chi connectivity index (χ2v) is 7.93. The van der Waals surface area contributed by atoms with Crippen molar-refractivity contribution in [1.29, 1.82) is 0 Å². The molecule has 0 unspecified atom stereocenters. The predicted octanol–water partition coefficient (Wildman–Crippen LogP) is 3.82. The minimum absolute atomic E-state index is 0.226. The van der Waals surface area contributed by atoms with Gasteiger partial charge in [-0.2, -0.15) is 0 Å². The predicted molar refractivity (Wildman–Crippen MR) is 115 cm³/mol. The van der Waals surface area contributed by atoms with Gasteiger partial charge in [-0.25, -0.2) is 9.97 Å². The number of aromatic nitrogens is 3. The van der Waals surface area contributed by atoms with Crippen molar-refractivity contribution < 1.29 is 19.0 Å². The molecule has 1 amide bonds. The van der Waals surface area contributed by atoms with Gasteiger partial charge in [0.15, 0.2) is 0 Å². The number of rotatable bonds is 7. The highest BCUT2D eigenvalue weighted by molar-refractivity contribution is 6.03. The Morgan fingerprint density at radius 1 is 1.19 bits per heavy atom. The van der Waals surface area contributed by atoms with Crippen LogP contribution in [0.1, 0.15) is 54.7 Å². The highest BCUT2D eigenvalue weighted by atomic mass is 16.5. The number of pyridine rings is 2. The fourth-order valence-corrected chi connectivity index (χ4v) is 3.74. The molecule has 3 aromatic heterocycles. The van der Waals surface area contributed by atoms with Crippen molar-refractivity contribution in [3.63, 3.8) is 0 Å². The van der Waals surface area contributed by atoms with Crippen molar-refractivity contribution in [2.75, 3.05) is 25.1 Å². The lowest BCUT2D eigenvalue weighted by Gasteiger charge is -2.19. The van der Waals surface area contributed by atoms with Gasteiger partial charge in [0, 0.05) is 43.7 Å². The largest absolute Gasteiger partial charge is 0.491 e. The monoisotopic (exact) mass is 422 g/mol. The van der Waals surface area contributed by atoms with Gasteiger partial charge in [-0.15, -0.1) is 0 Å². The van der Waals surface area contributed by atoms with Crippen LogP contribution in [0.5, 0.6) is 11.6 Å². The van der Waals surface area contributed by atoms with Crippen LogP contribution in [0.4, 0.5) is 5.69 Å². The second kappa shape index (κ2) is 8.55. The topological polar surface area (TPSA) is 87.0 Å². The zero-order valence-corrected chi connectivity index (χ0v) is 17.5. The van der Waals surface area contributed by atoms with Crippen LogP contribution in [0.3, 0.4) is 0 Å². The number of ether oxygens (including phenoxy) is 3. The molecule has 2 aliphatic rings. The summed E-state index contributed by atoms with van der Waals surface area (Å²) in [6.07, 6.45) is 8.11. The van der Waals surface area contributed by atoms with Crippen LogP contribution < -0.4 is 14.8 Å². The van der Waals surface area contributed by atoms with Crippen LogP contribution >= 0.6 is 0 Å². The van der Waals surface area contributed by atoms with E-state index in [0.29, 0.717) is 35.5 Å². The van der Waals surface area contributed by atoms with Gasteiger partial charge >= 0.3 is 0 Å². The smallest absolute Gasteiger partial charge is 0.274 e. The summed E-state index contributed by atoms with van der Waals surface area (Å²) in [6, 6.07) is 7.09. The minimum Gasteiger partial charge on any atom is -0.491 e. The molecule has 1 saturated heterocycles. The zero-order chi connectivity index (χ0) is 21.2. The van der Waals surface area contributed by atoms with Gasteiger partial charge in [0.05, 0.1) is 12.3 Å². The highest BCUT2D eigenvalue weighted by Crippen LogP contribution is 2.31. The Balaban J connectivity index is 1.40. The van der Waals surface area contributed by atoms with E-state index in [4.69, 9.17) is 19.2 Å². The van der Waals surface area contributed by atoms with E-state index in [0.717, 1.165) is 50.2 Å². The molecular formula is C23H26N4O4. The lowest BCUT2D eigenvalue weighted by molar-refractivity contribution is 0.0846. The number of hydrogen-bond acceptors (Lipinski definition) is 6. The molecule has 4 heterocycles. The fraction of sp³-hybridized carbons (Fsp3) is 0.435. The third-order valence-electron chi connectivity index (χ3n) is 5.53.